The summed E-state index contributed by atoms with van der Waals surface area (Å²) in [5.74, 6) is 1.21. The highest BCUT2D eigenvalue weighted by atomic mass is 16.5. The van der Waals surface area contributed by atoms with Gasteiger partial charge in [0.1, 0.15) is 5.60 Å². The predicted octanol–water partition coefficient (Wildman–Crippen LogP) is 1.84. The van der Waals surface area contributed by atoms with E-state index in [9.17, 15) is 0 Å². The van der Waals surface area contributed by atoms with Crippen LogP contribution in [0.4, 0.5) is 0 Å². The Kier molecular flexibility index (Phi) is 4.44. The molecule has 1 rings (SSSR count). The van der Waals surface area contributed by atoms with Gasteiger partial charge in [0.25, 0.3) is 0 Å². The van der Waals surface area contributed by atoms with E-state index < -0.39 is 5.60 Å². The lowest BCUT2D eigenvalue weighted by Crippen LogP contribution is -2.25. The number of hydrogen-bond acceptors (Lipinski definition) is 5. The summed E-state index contributed by atoms with van der Waals surface area (Å²) < 4.78 is 10.6. The zero-order valence-corrected chi connectivity index (χ0v) is 10.7. The molecule has 1 aromatic rings. The maximum atomic E-state index is 5.41. The van der Waals surface area contributed by atoms with Gasteiger partial charge in [-0.2, -0.15) is 4.98 Å². The summed E-state index contributed by atoms with van der Waals surface area (Å²) in [6, 6.07) is 0.398. The molecule has 0 radical (unpaired) electrons. The van der Waals surface area contributed by atoms with Crippen LogP contribution < -0.4 is 5.32 Å². The number of rotatable bonds is 6. The van der Waals surface area contributed by atoms with Gasteiger partial charge in [-0.05, 0) is 13.3 Å². The minimum atomic E-state index is -0.459. The number of nitrogens with zero attached hydrogens (tertiary/aromatic N) is 2. The molecular formula is C11H21N3O2. The van der Waals surface area contributed by atoms with Crippen molar-refractivity contribution >= 4 is 0 Å². The topological polar surface area (TPSA) is 60.2 Å². The van der Waals surface area contributed by atoms with Crippen LogP contribution in [0, 0.1) is 0 Å². The van der Waals surface area contributed by atoms with Gasteiger partial charge in [0.2, 0.25) is 11.7 Å². The van der Waals surface area contributed by atoms with Crippen molar-refractivity contribution in [3.8, 4) is 0 Å². The number of aromatic nitrogens is 2. The van der Waals surface area contributed by atoms with Crippen LogP contribution in [0.2, 0.25) is 0 Å². The molecule has 1 N–H and O–H groups in total. The molecule has 0 bridgehead atoms. The smallest absolute Gasteiger partial charge is 0.240 e. The van der Waals surface area contributed by atoms with Crippen molar-refractivity contribution in [2.45, 2.75) is 52.3 Å². The van der Waals surface area contributed by atoms with Crippen LogP contribution >= 0.6 is 0 Å². The molecule has 1 atom stereocenters. The predicted molar refractivity (Wildman–Crippen MR) is 60.9 cm³/mol. The van der Waals surface area contributed by atoms with Crippen LogP contribution in [0.15, 0.2) is 4.52 Å². The Morgan fingerprint density at radius 1 is 1.50 bits per heavy atom. The standard InChI is InChI=1S/C11H21N3O2/c1-6-11(4,15-5)10-13-9(16-14-10)7-12-8(2)3/h8,12H,6-7H2,1-5H3. The van der Waals surface area contributed by atoms with Gasteiger partial charge >= 0.3 is 0 Å². The first-order valence-corrected chi connectivity index (χ1v) is 5.63. The van der Waals surface area contributed by atoms with Gasteiger partial charge in [-0.15, -0.1) is 0 Å². The lowest BCUT2D eigenvalue weighted by Gasteiger charge is -2.21. The molecule has 0 saturated heterocycles. The summed E-state index contributed by atoms with van der Waals surface area (Å²) in [5.41, 5.74) is -0.459. The second-order valence-corrected chi connectivity index (χ2v) is 4.34. The van der Waals surface area contributed by atoms with Crippen molar-refractivity contribution in [1.82, 2.24) is 15.5 Å². The van der Waals surface area contributed by atoms with Crippen molar-refractivity contribution in [3.05, 3.63) is 11.7 Å². The van der Waals surface area contributed by atoms with Gasteiger partial charge < -0.3 is 14.6 Å². The number of methoxy groups -OCH3 is 1. The largest absolute Gasteiger partial charge is 0.370 e. The van der Waals surface area contributed by atoms with Crippen LogP contribution in [-0.4, -0.2) is 23.3 Å². The number of nitrogens with one attached hydrogen (secondary N) is 1. The van der Waals surface area contributed by atoms with E-state index in [1.165, 1.54) is 0 Å². The fourth-order valence-corrected chi connectivity index (χ4v) is 1.23. The Morgan fingerprint density at radius 2 is 2.19 bits per heavy atom. The van der Waals surface area contributed by atoms with Gasteiger partial charge in [0.15, 0.2) is 0 Å². The molecule has 1 heterocycles. The van der Waals surface area contributed by atoms with E-state index in [0.29, 0.717) is 24.3 Å². The molecular weight excluding hydrogens is 206 g/mol. The first-order valence-electron chi connectivity index (χ1n) is 5.63. The van der Waals surface area contributed by atoms with Crippen LogP contribution in [-0.2, 0) is 16.9 Å². The van der Waals surface area contributed by atoms with E-state index in [-0.39, 0.29) is 0 Å². The van der Waals surface area contributed by atoms with Crippen LogP contribution in [0.1, 0.15) is 45.8 Å². The fraction of sp³-hybridized carbons (Fsp3) is 0.818. The molecule has 0 saturated carbocycles. The second kappa shape index (κ2) is 5.41. The SMILES string of the molecule is CCC(C)(OC)c1noc(CNC(C)C)n1. The molecule has 0 aromatic carbocycles. The van der Waals surface area contributed by atoms with Crippen molar-refractivity contribution in [1.29, 1.82) is 0 Å². The Labute approximate surface area is 96.6 Å². The zero-order chi connectivity index (χ0) is 12.2. The average Bonchev–Trinajstić information content (AvgIpc) is 2.74. The highest BCUT2D eigenvalue weighted by Crippen LogP contribution is 2.25. The lowest BCUT2D eigenvalue weighted by atomic mass is 10.0. The van der Waals surface area contributed by atoms with Gasteiger partial charge in [-0.3, -0.25) is 0 Å². The summed E-state index contributed by atoms with van der Waals surface area (Å²) in [4.78, 5) is 4.33. The maximum absolute atomic E-state index is 5.41. The highest BCUT2D eigenvalue weighted by Gasteiger charge is 2.29. The Bertz CT molecular complexity index is 319. The van der Waals surface area contributed by atoms with Crippen LogP contribution in [0.5, 0.6) is 0 Å². The third-order valence-corrected chi connectivity index (χ3v) is 2.73. The number of hydrogen-bond donors (Lipinski definition) is 1. The Hall–Kier alpha value is -0.940. The van der Waals surface area contributed by atoms with Gasteiger partial charge in [0, 0.05) is 13.2 Å². The van der Waals surface area contributed by atoms with E-state index in [0.717, 1.165) is 6.42 Å². The molecule has 16 heavy (non-hydrogen) atoms. The van der Waals surface area contributed by atoms with Crippen LogP contribution in [0.25, 0.3) is 0 Å². The summed E-state index contributed by atoms with van der Waals surface area (Å²) in [6.07, 6.45) is 0.806. The molecule has 0 aliphatic carbocycles. The minimum absolute atomic E-state index is 0.398. The third kappa shape index (κ3) is 3.02. The summed E-state index contributed by atoms with van der Waals surface area (Å²) in [6.45, 7) is 8.72. The van der Waals surface area contributed by atoms with Gasteiger partial charge in [0.05, 0.1) is 6.54 Å². The van der Waals surface area contributed by atoms with Crippen molar-refractivity contribution in [3.63, 3.8) is 0 Å². The summed E-state index contributed by atoms with van der Waals surface area (Å²) in [7, 11) is 1.66. The Morgan fingerprint density at radius 3 is 2.69 bits per heavy atom. The maximum Gasteiger partial charge on any atom is 0.240 e. The van der Waals surface area contributed by atoms with Crippen molar-refractivity contribution < 1.29 is 9.26 Å². The quantitative estimate of drug-likeness (QED) is 0.803. The molecule has 0 amide bonds. The molecule has 5 heteroatoms. The molecule has 0 spiro atoms. The molecule has 5 nitrogen and oxygen atoms in total. The van der Waals surface area contributed by atoms with E-state index in [2.05, 4.69) is 29.3 Å². The first kappa shape index (κ1) is 13.1. The van der Waals surface area contributed by atoms with Crippen molar-refractivity contribution in [2.75, 3.05) is 7.11 Å². The molecule has 0 aliphatic rings. The molecule has 0 fully saturated rings. The minimum Gasteiger partial charge on any atom is -0.370 e. The second-order valence-electron chi connectivity index (χ2n) is 4.34. The third-order valence-electron chi connectivity index (χ3n) is 2.73. The van der Waals surface area contributed by atoms with Gasteiger partial charge in [-0.25, -0.2) is 0 Å². The average molecular weight is 227 g/mol. The zero-order valence-electron chi connectivity index (χ0n) is 10.7. The molecule has 1 aromatic heterocycles. The van der Waals surface area contributed by atoms with E-state index >= 15 is 0 Å². The van der Waals surface area contributed by atoms with Crippen LogP contribution in [0.3, 0.4) is 0 Å². The molecule has 1 unspecified atom stereocenters. The fourth-order valence-electron chi connectivity index (χ4n) is 1.23. The monoisotopic (exact) mass is 227 g/mol. The van der Waals surface area contributed by atoms with Crippen molar-refractivity contribution in [2.24, 2.45) is 0 Å². The van der Waals surface area contributed by atoms with E-state index in [1.807, 2.05) is 13.8 Å². The molecule has 0 aliphatic heterocycles. The summed E-state index contributed by atoms with van der Waals surface area (Å²) in [5, 5.41) is 7.18. The number of ether oxygens (including phenoxy) is 1. The summed E-state index contributed by atoms with van der Waals surface area (Å²) >= 11 is 0. The van der Waals surface area contributed by atoms with E-state index in [4.69, 9.17) is 9.26 Å². The van der Waals surface area contributed by atoms with Gasteiger partial charge in [-0.1, -0.05) is 25.9 Å². The normalized spacial score (nSPS) is 15.4. The Balaban J connectivity index is 2.70. The highest BCUT2D eigenvalue weighted by molar-refractivity contribution is 4.98. The molecule has 92 valence electrons. The van der Waals surface area contributed by atoms with E-state index in [1.54, 1.807) is 7.11 Å². The lowest BCUT2D eigenvalue weighted by molar-refractivity contribution is -0.0106. The first-order chi connectivity index (χ1) is 7.51.